The summed E-state index contributed by atoms with van der Waals surface area (Å²) in [6.07, 6.45) is 0.155. The van der Waals surface area contributed by atoms with Crippen molar-refractivity contribution in [2.75, 3.05) is 5.32 Å². The SMILES string of the molecule is Cc1ccc(C(=O)Nc2ccccc2C(=O)Cc2nc3ccccc3n2C)cc1. The van der Waals surface area contributed by atoms with E-state index in [2.05, 4.69) is 10.3 Å². The minimum atomic E-state index is -0.243. The van der Waals surface area contributed by atoms with Crippen molar-refractivity contribution in [1.29, 1.82) is 0 Å². The molecule has 5 nitrogen and oxygen atoms in total. The molecule has 0 spiro atoms. The fraction of sp³-hybridized carbons (Fsp3) is 0.125. The predicted octanol–water partition coefficient (Wildman–Crippen LogP) is 4.56. The molecule has 0 saturated heterocycles. The van der Waals surface area contributed by atoms with E-state index < -0.39 is 0 Å². The molecule has 4 rings (SSSR count). The van der Waals surface area contributed by atoms with Gasteiger partial charge in [0.2, 0.25) is 0 Å². The lowest BCUT2D eigenvalue weighted by Crippen LogP contribution is -2.16. The molecule has 29 heavy (non-hydrogen) atoms. The second-order valence-electron chi connectivity index (χ2n) is 7.04. The molecule has 0 aliphatic carbocycles. The summed E-state index contributed by atoms with van der Waals surface area (Å²) in [5.74, 6) is 0.354. The number of Topliss-reactive ketones (excluding diaryl/α,β-unsaturated/α-hetero) is 1. The summed E-state index contributed by atoms with van der Waals surface area (Å²) >= 11 is 0. The first kappa shape index (κ1) is 18.6. The van der Waals surface area contributed by atoms with E-state index in [9.17, 15) is 9.59 Å². The largest absolute Gasteiger partial charge is 0.331 e. The molecule has 1 heterocycles. The molecule has 3 aromatic carbocycles. The molecule has 0 bridgehead atoms. The maximum Gasteiger partial charge on any atom is 0.255 e. The zero-order chi connectivity index (χ0) is 20.4. The predicted molar refractivity (Wildman–Crippen MR) is 114 cm³/mol. The third kappa shape index (κ3) is 3.80. The Balaban J connectivity index is 1.58. The maximum atomic E-state index is 13.0. The lowest BCUT2D eigenvalue weighted by atomic mass is 10.0. The number of aromatic nitrogens is 2. The van der Waals surface area contributed by atoms with Crippen LogP contribution in [-0.4, -0.2) is 21.2 Å². The first-order chi connectivity index (χ1) is 14.0. The van der Waals surface area contributed by atoms with Crippen molar-refractivity contribution in [2.24, 2.45) is 7.05 Å². The third-order valence-corrected chi connectivity index (χ3v) is 4.99. The number of nitrogens with one attached hydrogen (secondary N) is 1. The van der Waals surface area contributed by atoms with E-state index in [4.69, 9.17) is 0 Å². The van der Waals surface area contributed by atoms with Crippen molar-refractivity contribution in [3.63, 3.8) is 0 Å². The van der Waals surface area contributed by atoms with Crippen LogP contribution in [0.4, 0.5) is 5.69 Å². The summed E-state index contributed by atoms with van der Waals surface area (Å²) in [4.78, 5) is 30.2. The molecule has 0 radical (unpaired) electrons. The second-order valence-corrected chi connectivity index (χ2v) is 7.04. The molecule has 1 amide bonds. The first-order valence-electron chi connectivity index (χ1n) is 9.43. The summed E-state index contributed by atoms with van der Waals surface area (Å²) in [6, 6.07) is 22.2. The van der Waals surface area contributed by atoms with E-state index in [-0.39, 0.29) is 18.1 Å². The van der Waals surface area contributed by atoms with Crippen LogP contribution in [0.5, 0.6) is 0 Å². The van der Waals surface area contributed by atoms with Gasteiger partial charge in [-0.2, -0.15) is 0 Å². The van der Waals surface area contributed by atoms with Crippen LogP contribution in [0, 0.1) is 6.92 Å². The molecule has 5 heteroatoms. The Morgan fingerprint density at radius 3 is 2.38 bits per heavy atom. The van der Waals surface area contributed by atoms with E-state index in [1.165, 1.54) is 0 Å². The van der Waals surface area contributed by atoms with Gasteiger partial charge in [-0.1, -0.05) is 42.0 Å². The molecule has 1 aromatic heterocycles. The van der Waals surface area contributed by atoms with Crippen LogP contribution in [-0.2, 0) is 13.5 Å². The second kappa shape index (κ2) is 7.72. The Morgan fingerprint density at radius 2 is 1.62 bits per heavy atom. The molecule has 0 aliphatic rings. The highest BCUT2D eigenvalue weighted by Crippen LogP contribution is 2.20. The van der Waals surface area contributed by atoms with Crippen molar-refractivity contribution in [2.45, 2.75) is 13.3 Å². The van der Waals surface area contributed by atoms with Gasteiger partial charge in [0.1, 0.15) is 5.82 Å². The van der Waals surface area contributed by atoms with Gasteiger partial charge in [0.05, 0.1) is 23.1 Å². The van der Waals surface area contributed by atoms with Crippen LogP contribution in [0.1, 0.15) is 32.1 Å². The summed E-state index contributed by atoms with van der Waals surface area (Å²) in [7, 11) is 1.91. The average Bonchev–Trinajstić information content (AvgIpc) is 3.04. The maximum absolute atomic E-state index is 13.0. The van der Waals surface area contributed by atoms with E-state index >= 15 is 0 Å². The number of benzene rings is 3. The number of carbonyl (C=O) groups is 2. The number of para-hydroxylation sites is 3. The molecule has 4 aromatic rings. The first-order valence-corrected chi connectivity index (χ1v) is 9.43. The average molecular weight is 383 g/mol. The van der Waals surface area contributed by atoms with Crippen molar-refractivity contribution in [3.8, 4) is 0 Å². The van der Waals surface area contributed by atoms with Gasteiger partial charge in [-0.25, -0.2) is 4.98 Å². The number of anilines is 1. The number of carbonyl (C=O) groups excluding carboxylic acids is 2. The number of amides is 1. The Kier molecular flexibility index (Phi) is 4.96. The quantitative estimate of drug-likeness (QED) is 0.514. The van der Waals surface area contributed by atoms with Gasteiger partial charge in [-0.05, 0) is 43.3 Å². The van der Waals surface area contributed by atoms with Gasteiger partial charge < -0.3 is 9.88 Å². The highest BCUT2D eigenvalue weighted by atomic mass is 16.1. The van der Waals surface area contributed by atoms with Crippen LogP contribution >= 0.6 is 0 Å². The van der Waals surface area contributed by atoms with Crippen LogP contribution < -0.4 is 5.32 Å². The number of imidazole rings is 1. The van der Waals surface area contributed by atoms with Gasteiger partial charge >= 0.3 is 0 Å². The summed E-state index contributed by atoms with van der Waals surface area (Å²) in [6.45, 7) is 1.97. The van der Waals surface area contributed by atoms with Crippen LogP contribution in [0.3, 0.4) is 0 Å². The molecular weight excluding hydrogens is 362 g/mol. The Hall–Kier alpha value is -3.73. The molecule has 0 aliphatic heterocycles. The highest BCUT2D eigenvalue weighted by Gasteiger charge is 2.17. The van der Waals surface area contributed by atoms with E-state index in [0.29, 0.717) is 22.6 Å². The van der Waals surface area contributed by atoms with Crippen LogP contribution in [0.25, 0.3) is 11.0 Å². The Morgan fingerprint density at radius 1 is 0.931 bits per heavy atom. The Labute approximate surface area is 169 Å². The lowest BCUT2D eigenvalue weighted by Gasteiger charge is -2.11. The zero-order valence-electron chi connectivity index (χ0n) is 16.3. The van der Waals surface area contributed by atoms with Crippen molar-refractivity contribution in [3.05, 3.63) is 95.3 Å². The zero-order valence-corrected chi connectivity index (χ0v) is 16.3. The van der Waals surface area contributed by atoms with E-state index in [1.54, 1.807) is 36.4 Å². The summed E-state index contributed by atoms with van der Waals surface area (Å²) in [5, 5.41) is 2.87. The number of nitrogens with zero attached hydrogens (tertiary/aromatic N) is 2. The van der Waals surface area contributed by atoms with Crippen LogP contribution in [0.2, 0.25) is 0 Å². The minimum Gasteiger partial charge on any atom is -0.331 e. The highest BCUT2D eigenvalue weighted by molar-refractivity contribution is 6.09. The minimum absolute atomic E-state index is 0.0942. The number of ketones is 1. The number of rotatable bonds is 5. The van der Waals surface area contributed by atoms with Crippen LogP contribution in [0.15, 0.2) is 72.8 Å². The number of fused-ring (bicyclic) bond motifs is 1. The molecule has 144 valence electrons. The van der Waals surface area contributed by atoms with E-state index in [0.717, 1.165) is 16.6 Å². The molecule has 0 atom stereocenters. The summed E-state index contributed by atoms with van der Waals surface area (Å²) < 4.78 is 1.93. The smallest absolute Gasteiger partial charge is 0.255 e. The van der Waals surface area contributed by atoms with Crippen molar-refractivity contribution < 1.29 is 9.59 Å². The number of aryl methyl sites for hydroxylation is 2. The Bertz CT molecular complexity index is 1210. The summed E-state index contributed by atoms with van der Waals surface area (Å²) in [5.41, 5.74) is 4.45. The number of hydrogen-bond acceptors (Lipinski definition) is 3. The number of hydrogen-bond donors (Lipinski definition) is 1. The molecule has 0 fully saturated rings. The van der Waals surface area contributed by atoms with Crippen molar-refractivity contribution in [1.82, 2.24) is 9.55 Å². The fourth-order valence-corrected chi connectivity index (χ4v) is 3.33. The van der Waals surface area contributed by atoms with Crippen molar-refractivity contribution >= 4 is 28.4 Å². The van der Waals surface area contributed by atoms with Gasteiger partial charge in [-0.15, -0.1) is 0 Å². The van der Waals surface area contributed by atoms with Gasteiger partial charge in [0, 0.05) is 18.2 Å². The van der Waals surface area contributed by atoms with Gasteiger partial charge in [0.15, 0.2) is 5.78 Å². The van der Waals surface area contributed by atoms with Gasteiger partial charge in [-0.3, -0.25) is 9.59 Å². The molecule has 0 unspecified atom stereocenters. The topological polar surface area (TPSA) is 64.0 Å². The van der Waals surface area contributed by atoms with E-state index in [1.807, 2.05) is 54.9 Å². The fourth-order valence-electron chi connectivity index (χ4n) is 3.33. The lowest BCUT2D eigenvalue weighted by molar-refractivity contribution is 0.0991. The van der Waals surface area contributed by atoms with Gasteiger partial charge in [0.25, 0.3) is 5.91 Å². The standard InChI is InChI=1S/C24H21N3O2/c1-16-11-13-17(14-12-16)24(29)26-19-8-4-3-7-18(19)22(28)15-23-25-20-9-5-6-10-21(20)27(23)2/h3-14H,15H2,1-2H3,(H,26,29). The normalized spacial score (nSPS) is 10.8. The monoisotopic (exact) mass is 383 g/mol. The third-order valence-electron chi connectivity index (χ3n) is 4.99. The molecule has 0 saturated carbocycles. The molecular formula is C24H21N3O2. The molecule has 1 N–H and O–H groups in total.